The van der Waals surface area contributed by atoms with Gasteiger partial charge in [0.1, 0.15) is 10.6 Å². The summed E-state index contributed by atoms with van der Waals surface area (Å²) < 4.78 is 31.3. The average Bonchev–Trinajstić information content (AvgIpc) is 2.31. The normalized spacial score (nSPS) is 11.4. The lowest BCUT2D eigenvalue weighted by Gasteiger charge is -2.09. The van der Waals surface area contributed by atoms with Gasteiger partial charge in [-0.2, -0.15) is 8.42 Å². The van der Waals surface area contributed by atoms with Crippen molar-refractivity contribution in [1.29, 1.82) is 0 Å². The molecule has 94 valence electrons. The van der Waals surface area contributed by atoms with Gasteiger partial charge >= 0.3 is 0 Å². The zero-order chi connectivity index (χ0) is 13.3. The Morgan fingerprint density at radius 3 is 2.22 bits per heavy atom. The van der Waals surface area contributed by atoms with E-state index in [1.165, 1.54) is 6.07 Å². The van der Waals surface area contributed by atoms with Crippen LogP contribution >= 0.6 is 11.6 Å². The Morgan fingerprint density at radius 1 is 1.06 bits per heavy atom. The number of phenols is 1. The Hall–Kier alpha value is -1.56. The van der Waals surface area contributed by atoms with Crippen molar-refractivity contribution in [1.82, 2.24) is 0 Å². The largest absolute Gasteiger partial charge is 0.506 e. The second-order valence-corrected chi connectivity index (χ2v) is 5.47. The molecule has 0 unspecified atom stereocenters. The molecule has 18 heavy (non-hydrogen) atoms. The Balaban J connectivity index is 2.75. The van der Waals surface area contributed by atoms with Gasteiger partial charge < -0.3 is 5.11 Å². The standard InChI is InChI=1S/C12H9ClO4S/c13-9-6-10(8-4-2-1-3-5-8)12(14)11(7-9)18(15,16)17/h1-7,14H,(H,15,16,17). The highest BCUT2D eigenvalue weighted by molar-refractivity contribution is 7.86. The first-order valence-corrected chi connectivity index (χ1v) is 6.77. The van der Waals surface area contributed by atoms with E-state index in [9.17, 15) is 13.5 Å². The Morgan fingerprint density at radius 2 is 1.67 bits per heavy atom. The van der Waals surface area contributed by atoms with Gasteiger partial charge in [0, 0.05) is 10.6 Å². The summed E-state index contributed by atoms with van der Waals surface area (Å²) in [6.07, 6.45) is 0. The maximum atomic E-state index is 11.1. The van der Waals surface area contributed by atoms with Crippen molar-refractivity contribution in [3.8, 4) is 16.9 Å². The summed E-state index contributed by atoms with van der Waals surface area (Å²) >= 11 is 5.79. The molecule has 0 aliphatic rings. The van der Waals surface area contributed by atoms with Crippen LogP contribution in [0.3, 0.4) is 0 Å². The molecule has 0 saturated carbocycles. The molecule has 0 atom stereocenters. The third-order valence-corrected chi connectivity index (χ3v) is 3.49. The molecular formula is C12H9ClO4S. The molecule has 2 aromatic carbocycles. The molecule has 4 nitrogen and oxygen atoms in total. The molecule has 0 radical (unpaired) electrons. The first-order chi connectivity index (χ1) is 8.39. The van der Waals surface area contributed by atoms with Crippen LogP contribution in [-0.4, -0.2) is 18.1 Å². The molecule has 2 aromatic rings. The minimum Gasteiger partial charge on any atom is -0.506 e. The van der Waals surface area contributed by atoms with Gasteiger partial charge in [-0.25, -0.2) is 0 Å². The fourth-order valence-corrected chi connectivity index (χ4v) is 2.52. The van der Waals surface area contributed by atoms with Crippen LogP contribution in [0.25, 0.3) is 11.1 Å². The van der Waals surface area contributed by atoms with E-state index in [4.69, 9.17) is 16.2 Å². The molecular weight excluding hydrogens is 276 g/mol. The molecule has 2 N–H and O–H groups in total. The first kappa shape index (κ1) is 12.9. The maximum Gasteiger partial charge on any atom is 0.298 e. The van der Waals surface area contributed by atoms with E-state index in [-0.39, 0.29) is 10.6 Å². The minimum absolute atomic E-state index is 0.110. The maximum absolute atomic E-state index is 11.1. The van der Waals surface area contributed by atoms with E-state index >= 15 is 0 Å². The minimum atomic E-state index is -4.52. The fraction of sp³-hybridized carbons (Fsp3) is 0. The Labute approximate surface area is 109 Å². The molecule has 0 heterocycles. The highest BCUT2D eigenvalue weighted by atomic mass is 35.5. The summed E-state index contributed by atoms with van der Waals surface area (Å²) in [6, 6.07) is 11.1. The van der Waals surface area contributed by atoms with Crippen molar-refractivity contribution in [3.63, 3.8) is 0 Å². The second kappa shape index (κ2) is 4.61. The molecule has 0 fully saturated rings. The summed E-state index contributed by atoms with van der Waals surface area (Å²) in [7, 11) is -4.52. The van der Waals surface area contributed by atoms with Crippen molar-refractivity contribution < 1.29 is 18.1 Å². The quantitative estimate of drug-likeness (QED) is 0.832. The highest BCUT2D eigenvalue weighted by Gasteiger charge is 2.20. The number of hydrogen-bond donors (Lipinski definition) is 2. The van der Waals surface area contributed by atoms with E-state index in [2.05, 4.69) is 0 Å². The van der Waals surface area contributed by atoms with Crippen molar-refractivity contribution in [2.45, 2.75) is 4.90 Å². The highest BCUT2D eigenvalue weighted by Crippen LogP contribution is 2.37. The van der Waals surface area contributed by atoms with Crippen LogP contribution in [0.2, 0.25) is 5.02 Å². The predicted octanol–water partition coefficient (Wildman–Crippen LogP) is 2.96. The van der Waals surface area contributed by atoms with Gasteiger partial charge in [-0.1, -0.05) is 41.9 Å². The SMILES string of the molecule is O=S(=O)(O)c1cc(Cl)cc(-c2ccccc2)c1O. The van der Waals surface area contributed by atoms with Gasteiger partial charge in [0.2, 0.25) is 0 Å². The van der Waals surface area contributed by atoms with Gasteiger partial charge in [0.25, 0.3) is 10.1 Å². The number of benzene rings is 2. The smallest absolute Gasteiger partial charge is 0.298 e. The van der Waals surface area contributed by atoms with Crippen LogP contribution in [0, 0.1) is 0 Å². The molecule has 0 amide bonds. The van der Waals surface area contributed by atoms with Crippen LogP contribution < -0.4 is 0 Å². The van der Waals surface area contributed by atoms with Crippen LogP contribution in [-0.2, 0) is 10.1 Å². The molecule has 0 bridgehead atoms. The van der Waals surface area contributed by atoms with E-state index < -0.39 is 20.8 Å². The monoisotopic (exact) mass is 284 g/mol. The molecule has 0 spiro atoms. The lowest BCUT2D eigenvalue weighted by molar-refractivity contribution is 0.445. The fourth-order valence-electron chi connectivity index (χ4n) is 1.61. The average molecular weight is 285 g/mol. The molecule has 0 aliphatic heterocycles. The number of rotatable bonds is 2. The molecule has 2 rings (SSSR count). The van der Waals surface area contributed by atoms with Crippen molar-refractivity contribution in [2.75, 3.05) is 0 Å². The van der Waals surface area contributed by atoms with E-state index in [1.807, 2.05) is 0 Å². The van der Waals surface area contributed by atoms with Crippen molar-refractivity contribution >= 4 is 21.7 Å². The zero-order valence-corrected chi connectivity index (χ0v) is 10.6. The van der Waals surface area contributed by atoms with Gasteiger partial charge in [-0.15, -0.1) is 0 Å². The first-order valence-electron chi connectivity index (χ1n) is 4.95. The number of aromatic hydroxyl groups is 1. The van der Waals surface area contributed by atoms with Gasteiger partial charge in [-0.3, -0.25) is 4.55 Å². The van der Waals surface area contributed by atoms with Crippen LogP contribution in [0.15, 0.2) is 47.4 Å². The van der Waals surface area contributed by atoms with E-state index in [0.29, 0.717) is 5.56 Å². The molecule has 6 heteroatoms. The summed E-state index contributed by atoms with van der Waals surface area (Å²) in [6.45, 7) is 0. The molecule has 0 aromatic heterocycles. The Bertz CT molecular complexity index is 681. The number of halogens is 1. The Kier molecular flexibility index (Phi) is 3.30. The molecule has 0 aliphatic carbocycles. The lowest BCUT2D eigenvalue weighted by Crippen LogP contribution is -1.99. The topological polar surface area (TPSA) is 74.6 Å². The third-order valence-electron chi connectivity index (χ3n) is 2.40. The van der Waals surface area contributed by atoms with Crippen LogP contribution in [0.5, 0.6) is 5.75 Å². The van der Waals surface area contributed by atoms with Crippen LogP contribution in [0.1, 0.15) is 0 Å². The predicted molar refractivity (Wildman–Crippen MR) is 68.4 cm³/mol. The van der Waals surface area contributed by atoms with E-state index in [1.54, 1.807) is 30.3 Å². The third kappa shape index (κ3) is 2.48. The van der Waals surface area contributed by atoms with Gasteiger partial charge in [0.05, 0.1) is 0 Å². The summed E-state index contributed by atoms with van der Waals surface area (Å²) in [5, 5.41) is 10.0. The summed E-state index contributed by atoms with van der Waals surface area (Å²) in [5.74, 6) is -0.520. The van der Waals surface area contributed by atoms with Crippen molar-refractivity contribution in [3.05, 3.63) is 47.5 Å². The zero-order valence-electron chi connectivity index (χ0n) is 9.04. The lowest BCUT2D eigenvalue weighted by atomic mass is 10.1. The van der Waals surface area contributed by atoms with E-state index in [0.717, 1.165) is 6.07 Å². The second-order valence-electron chi connectivity index (χ2n) is 3.64. The number of hydrogen-bond acceptors (Lipinski definition) is 3. The van der Waals surface area contributed by atoms with Crippen molar-refractivity contribution in [2.24, 2.45) is 0 Å². The van der Waals surface area contributed by atoms with Gasteiger partial charge in [-0.05, 0) is 17.7 Å². The van der Waals surface area contributed by atoms with Gasteiger partial charge in [0.15, 0.2) is 0 Å². The summed E-state index contributed by atoms with van der Waals surface area (Å²) in [4.78, 5) is -0.603. The summed E-state index contributed by atoms with van der Waals surface area (Å²) in [5.41, 5.74) is 0.845. The number of phenolic OH excluding ortho intramolecular Hbond substituents is 1. The van der Waals surface area contributed by atoms with Crippen LogP contribution in [0.4, 0.5) is 0 Å². The molecule has 0 saturated heterocycles.